The highest BCUT2D eigenvalue weighted by Crippen LogP contribution is 2.34. The number of hydrogen-bond donors (Lipinski definition) is 0. The van der Waals surface area contributed by atoms with Crippen LogP contribution in [0.15, 0.2) is 97.3 Å². The number of carbonyl (C=O) groups is 1. The van der Waals surface area contributed by atoms with Gasteiger partial charge in [-0.3, -0.25) is 9.78 Å². The molecule has 6 heteroatoms. The first-order chi connectivity index (χ1) is 16.9. The number of carbonyl (C=O) groups excluding carboxylic acids is 1. The van der Waals surface area contributed by atoms with E-state index in [4.69, 9.17) is 4.74 Å². The number of hydrogen-bond acceptors (Lipinski definition) is 3. The van der Waals surface area contributed by atoms with E-state index >= 15 is 0 Å². The van der Waals surface area contributed by atoms with Crippen LogP contribution in [-0.2, 0) is 30.4 Å². The number of nitrogens with zero attached hydrogens (tertiary/aromatic N) is 1. The van der Waals surface area contributed by atoms with Crippen LogP contribution in [0.5, 0.6) is 5.75 Å². The Balaban J connectivity index is 1.47. The fraction of sp³-hybridized carbons (Fsp3) is 0.172. The van der Waals surface area contributed by atoms with Crippen LogP contribution < -0.4 is 4.74 Å². The third-order valence-electron chi connectivity index (χ3n) is 5.65. The van der Waals surface area contributed by atoms with Crippen LogP contribution in [0, 0.1) is 0 Å². The Kier molecular flexibility index (Phi) is 7.60. The maximum absolute atomic E-state index is 13.8. The Bertz CT molecular complexity index is 1270. The molecule has 0 radical (unpaired) electrons. The maximum Gasteiger partial charge on any atom is 0.416 e. The zero-order valence-corrected chi connectivity index (χ0v) is 19.0. The number of halogens is 3. The summed E-state index contributed by atoms with van der Waals surface area (Å²) in [6.07, 6.45) is -0.958. The first-order valence-electron chi connectivity index (χ1n) is 11.3. The van der Waals surface area contributed by atoms with Gasteiger partial charge >= 0.3 is 6.18 Å². The molecule has 0 aliphatic carbocycles. The van der Waals surface area contributed by atoms with Gasteiger partial charge in [0.1, 0.15) is 18.1 Å². The minimum absolute atomic E-state index is 0.0256. The highest BCUT2D eigenvalue weighted by molar-refractivity contribution is 5.81. The van der Waals surface area contributed by atoms with Gasteiger partial charge in [-0.05, 0) is 46.9 Å². The van der Waals surface area contributed by atoms with E-state index in [1.54, 1.807) is 30.6 Å². The van der Waals surface area contributed by atoms with Gasteiger partial charge in [-0.15, -0.1) is 0 Å². The molecule has 1 aromatic heterocycles. The smallest absolute Gasteiger partial charge is 0.416 e. The lowest BCUT2D eigenvalue weighted by Crippen LogP contribution is -2.14. The molecule has 4 aromatic rings. The van der Waals surface area contributed by atoms with E-state index in [-0.39, 0.29) is 30.8 Å². The number of ether oxygens (including phenoxy) is 1. The summed E-state index contributed by atoms with van der Waals surface area (Å²) >= 11 is 0. The SMILES string of the molecule is O=C(CCc1cccnc1)Cc1ccc(COc2ccccc2-c2ccccc2)cc1C(F)(F)F. The largest absolute Gasteiger partial charge is 0.488 e. The average Bonchev–Trinajstić information content (AvgIpc) is 2.87. The Hall–Kier alpha value is -3.93. The molecular weight excluding hydrogens is 451 g/mol. The van der Waals surface area contributed by atoms with Crippen molar-refractivity contribution in [1.29, 1.82) is 0 Å². The number of pyridine rings is 1. The standard InChI is InChI=1S/C29H24F3NO2/c30-29(31,32)27-17-22(12-14-24(27)18-25(34)15-13-21-7-6-16-33-19-21)20-35-28-11-5-4-10-26(28)23-8-2-1-3-9-23/h1-12,14,16-17,19H,13,15,18,20H2. The summed E-state index contributed by atoms with van der Waals surface area (Å²) < 4.78 is 47.4. The molecule has 0 bridgehead atoms. The number of aromatic nitrogens is 1. The fourth-order valence-corrected chi connectivity index (χ4v) is 3.87. The summed E-state index contributed by atoms with van der Waals surface area (Å²) in [5.74, 6) is 0.335. The summed E-state index contributed by atoms with van der Waals surface area (Å²) in [6, 6.07) is 24.7. The van der Waals surface area contributed by atoms with Crippen molar-refractivity contribution in [3.63, 3.8) is 0 Å². The zero-order chi connectivity index (χ0) is 24.7. The van der Waals surface area contributed by atoms with E-state index in [0.717, 1.165) is 22.8 Å². The molecule has 3 nitrogen and oxygen atoms in total. The van der Waals surface area contributed by atoms with Gasteiger partial charge in [0.2, 0.25) is 0 Å². The molecule has 0 spiro atoms. The Labute approximate surface area is 202 Å². The third kappa shape index (κ3) is 6.57. The number of alkyl halides is 3. The maximum atomic E-state index is 13.8. The van der Waals surface area contributed by atoms with Crippen LogP contribution in [0.1, 0.15) is 28.7 Å². The Morgan fingerprint density at radius 1 is 0.857 bits per heavy atom. The second-order valence-corrected chi connectivity index (χ2v) is 8.22. The van der Waals surface area contributed by atoms with E-state index < -0.39 is 11.7 Å². The molecule has 0 saturated heterocycles. The van der Waals surface area contributed by atoms with Gasteiger partial charge in [0.25, 0.3) is 0 Å². The molecule has 0 fully saturated rings. The van der Waals surface area contributed by atoms with Gasteiger partial charge in [-0.25, -0.2) is 0 Å². The summed E-state index contributed by atoms with van der Waals surface area (Å²) in [7, 11) is 0. The molecule has 0 N–H and O–H groups in total. The number of aryl methyl sites for hydroxylation is 1. The van der Waals surface area contributed by atoms with Gasteiger partial charge in [0.05, 0.1) is 5.56 Å². The summed E-state index contributed by atoms with van der Waals surface area (Å²) in [5, 5.41) is 0. The molecule has 3 aromatic carbocycles. The van der Waals surface area contributed by atoms with Gasteiger partial charge in [-0.2, -0.15) is 13.2 Å². The van der Waals surface area contributed by atoms with Crippen LogP contribution in [0.3, 0.4) is 0 Å². The molecule has 0 atom stereocenters. The molecule has 0 saturated carbocycles. The van der Waals surface area contributed by atoms with Crippen LogP contribution in [-0.4, -0.2) is 10.8 Å². The first kappa shape index (κ1) is 24.2. The predicted molar refractivity (Wildman–Crippen MR) is 129 cm³/mol. The van der Waals surface area contributed by atoms with Crippen LogP contribution >= 0.6 is 0 Å². The van der Waals surface area contributed by atoms with Crippen molar-refractivity contribution in [2.75, 3.05) is 0 Å². The van der Waals surface area contributed by atoms with Crippen molar-refractivity contribution >= 4 is 5.78 Å². The minimum atomic E-state index is -4.57. The van der Waals surface area contributed by atoms with Gasteiger partial charge < -0.3 is 4.74 Å². The molecule has 0 amide bonds. The van der Waals surface area contributed by atoms with Crippen LogP contribution in [0.2, 0.25) is 0 Å². The van der Waals surface area contributed by atoms with E-state index in [2.05, 4.69) is 4.98 Å². The highest BCUT2D eigenvalue weighted by atomic mass is 19.4. The molecule has 0 unspecified atom stereocenters. The second kappa shape index (κ2) is 11.0. The van der Waals surface area contributed by atoms with Crippen LogP contribution in [0.25, 0.3) is 11.1 Å². The van der Waals surface area contributed by atoms with Crippen molar-refractivity contribution in [3.8, 4) is 16.9 Å². The lowest BCUT2D eigenvalue weighted by Gasteiger charge is -2.16. The van der Waals surface area contributed by atoms with Crippen molar-refractivity contribution < 1.29 is 22.7 Å². The number of Topliss-reactive ketones (excluding diaryl/α,β-unsaturated/α-hetero) is 1. The summed E-state index contributed by atoms with van der Waals surface area (Å²) in [4.78, 5) is 16.4. The molecule has 4 rings (SSSR count). The monoisotopic (exact) mass is 475 g/mol. The number of ketones is 1. The minimum Gasteiger partial charge on any atom is -0.488 e. The normalized spacial score (nSPS) is 11.3. The number of rotatable bonds is 9. The van der Waals surface area contributed by atoms with E-state index in [1.165, 1.54) is 6.07 Å². The molecule has 0 aliphatic heterocycles. The van der Waals surface area contributed by atoms with Gasteiger partial charge in [0, 0.05) is 30.8 Å². The molecule has 178 valence electrons. The van der Waals surface area contributed by atoms with Crippen LogP contribution in [0.4, 0.5) is 13.2 Å². The lowest BCUT2D eigenvalue weighted by molar-refractivity contribution is -0.138. The van der Waals surface area contributed by atoms with Crippen molar-refractivity contribution in [2.45, 2.75) is 32.0 Å². The van der Waals surface area contributed by atoms with Crippen molar-refractivity contribution in [2.24, 2.45) is 0 Å². The van der Waals surface area contributed by atoms with Crippen molar-refractivity contribution in [1.82, 2.24) is 4.98 Å². The lowest BCUT2D eigenvalue weighted by atomic mass is 9.97. The van der Waals surface area contributed by atoms with E-state index in [9.17, 15) is 18.0 Å². The van der Waals surface area contributed by atoms with Gasteiger partial charge in [-0.1, -0.05) is 66.7 Å². The first-order valence-corrected chi connectivity index (χ1v) is 11.3. The molecule has 35 heavy (non-hydrogen) atoms. The average molecular weight is 476 g/mol. The predicted octanol–water partition coefficient (Wildman–Crippen LogP) is 7.09. The van der Waals surface area contributed by atoms with E-state index in [0.29, 0.717) is 17.7 Å². The number of para-hydroxylation sites is 1. The van der Waals surface area contributed by atoms with E-state index in [1.807, 2.05) is 54.6 Å². The molecular formula is C29H24F3NO2. The van der Waals surface area contributed by atoms with Crippen molar-refractivity contribution in [3.05, 3.63) is 120 Å². The second-order valence-electron chi connectivity index (χ2n) is 8.22. The topological polar surface area (TPSA) is 39.2 Å². The third-order valence-corrected chi connectivity index (χ3v) is 5.65. The molecule has 0 aliphatic rings. The Morgan fingerprint density at radius 2 is 1.63 bits per heavy atom. The summed E-state index contributed by atoms with van der Waals surface area (Å²) in [6.45, 7) is -0.0256. The summed E-state index contributed by atoms with van der Waals surface area (Å²) in [5.41, 5.74) is 2.25. The highest BCUT2D eigenvalue weighted by Gasteiger charge is 2.34. The quantitative estimate of drug-likeness (QED) is 0.259. The Morgan fingerprint density at radius 3 is 2.37 bits per heavy atom. The molecule has 1 heterocycles. The van der Waals surface area contributed by atoms with Gasteiger partial charge in [0.15, 0.2) is 0 Å². The zero-order valence-electron chi connectivity index (χ0n) is 19.0. The fourth-order valence-electron chi connectivity index (χ4n) is 3.87. The number of benzene rings is 3.